The van der Waals surface area contributed by atoms with Gasteiger partial charge < -0.3 is 10.6 Å². The van der Waals surface area contributed by atoms with Crippen LogP contribution in [0.25, 0.3) is 0 Å². The molecule has 1 fully saturated rings. The first kappa shape index (κ1) is 13.1. The highest BCUT2D eigenvalue weighted by Gasteiger charge is 2.30. The lowest BCUT2D eigenvalue weighted by Gasteiger charge is -2.23. The largest absolute Gasteiger partial charge is 0.330 e. The number of nitrogens with two attached hydrogens (primary N) is 1. The Morgan fingerprint density at radius 1 is 1.39 bits per heavy atom. The summed E-state index contributed by atoms with van der Waals surface area (Å²) in [6, 6.07) is 8.27. The lowest BCUT2D eigenvalue weighted by atomic mass is 9.87. The third-order valence-corrected chi connectivity index (χ3v) is 3.56. The van der Waals surface area contributed by atoms with Gasteiger partial charge in [0.25, 0.3) is 0 Å². The summed E-state index contributed by atoms with van der Waals surface area (Å²) in [5, 5.41) is 0. The third-order valence-electron chi connectivity index (χ3n) is 3.56. The molecule has 0 aromatic heterocycles. The maximum absolute atomic E-state index is 12.0. The number of anilines is 1. The van der Waals surface area contributed by atoms with Crippen LogP contribution < -0.4 is 10.6 Å². The highest BCUT2D eigenvalue weighted by atomic mass is 16.2. The van der Waals surface area contributed by atoms with Gasteiger partial charge in [-0.05, 0) is 35.6 Å². The number of carbonyl (C=O) groups excluding carboxylic acids is 1. The SMILES string of the molecule is CC(C)(C)c1cccc(N2CC(CN)CC2=O)c1. The predicted octanol–water partition coefficient (Wildman–Crippen LogP) is 2.30. The average molecular weight is 246 g/mol. The summed E-state index contributed by atoms with van der Waals surface area (Å²) in [6.07, 6.45) is 0.580. The molecule has 0 bridgehead atoms. The van der Waals surface area contributed by atoms with E-state index < -0.39 is 0 Å². The molecule has 0 radical (unpaired) electrons. The van der Waals surface area contributed by atoms with Crippen LogP contribution in [0, 0.1) is 5.92 Å². The Morgan fingerprint density at radius 3 is 2.67 bits per heavy atom. The number of rotatable bonds is 2. The van der Waals surface area contributed by atoms with Crippen LogP contribution >= 0.6 is 0 Å². The quantitative estimate of drug-likeness (QED) is 0.870. The van der Waals surface area contributed by atoms with E-state index in [9.17, 15) is 4.79 Å². The zero-order valence-electron chi connectivity index (χ0n) is 11.4. The first-order valence-corrected chi connectivity index (χ1v) is 6.53. The number of hydrogen-bond donors (Lipinski definition) is 1. The number of benzene rings is 1. The maximum atomic E-state index is 12.0. The Balaban J connectivity index is 2.27. The van der Waals surface area contributed by atoms with Gasteiger partial charge in [-0.2, -0.15) is 0 Å². The molecule has 1 aliphatic heterocycles. The van der Waals surface area contributed by atoms with E-state index in [1.165, 1.54) is 5.56 Å². The topological polar surface area (TPSA) is 46.3 Å². The Morgan fingerprint density at radius 2 is 2.11 bits per heavy atom. The Kier molecular flexibility index (Phi) is 3.44. The van der Waals surface area contributed by atoms with Gasteiger partial charge in [0.2, 0.25) is 5.91 Å². The van der Waals surface area contributed by atoms with Crippen molar-refractivity contribution < 1.29 is 4.79 Å². The minimum absolute atomic E-state index is 0.103. The second kappa shape index (κ2) is 4.73. The highest BCUT2D eigenvalue weighted by molar-refractivity contribution is 5.95. The fraction of sp³-hybridized carbons (Fsp3) is 0.533. The monoisotopic (exact) mass is 246 g/mol. The lowest BCUT2D eigenvalue weighted by molar-refractivity contribution is -0.117. The Labute approximate surface area is 109 Å². The van der Waals surface area contributed by atoms with Crippen LogP contribution in [0.1, 0.15) is 32.8 Å². The Bertz CT molecular complexity index is 448. The molecule has 0 aliphatic carbocycles. The van der Waals surface area contributed by atoms with Gasteiger partial charge in [-0.25, -0.2) is 0 Å². The standard InChI is InChI=1S/C15H22N2O/c1-15(2,3)12-5-4-6-13(8-12)17-10-11(9-16)7-14(17)18/h4-6,8,11H,7,9-10,16H2,1-3H3. The van der Waals surface area contributed by atoms with Gasteiger partial charge in [0, 0.05) is 18.7 Å². The molecule has 0 spiro atoms. The van der Waals surface area contributed by atoms with Crippen molar-refractivity contribution in [1.29, 1.82) is 0 Å². The van der Waals surface area contributed by atoms with Crippen molar-refractivity contribution >= 4 is 11.6 Å². The van der Waals surface area contributed by atoms with E-state index in [1.54, 1.807) is 0 Å². The molecule has 1 aromatic rings. The van der Waals surface area contributed by atoms with E-state index in [0.717, 1.165) is 12.2 Å². The molecule has 3 nitrogen and oxygen atoms in total. The van der Waals surface area contributed by atoms with Crippen LogP contribution in [-0.2, 0) is 10.2 Å². The molecule has 18 heavy (non-hydrogen) atoms. The third kappa shape index (κ3) is 2.56. The van der Waals surface area contributed by atoms with Gasteiger partial charge in [0.1, 0.15) is 0 Å². The maximum Gasteiger partial charge on any atom is 0.227 e. The first-order chi connectivity index (χ1) is 8.41. The van der Waals surface area contributed by atoms with Crippen LogP contribution in [0.2, 0.25) is 0 Å². The van der Waals surface area contributed by atoms with Gasteiger partial charge >= 0.3 is 0 Å². The molecule has 1 aliphatic rings. The van der Waals surface area contributed by atoms with E-state index in [4.69, 9.17) is 5.73 Å². The molecule has 2 N–H and O–H groups in total. The second-order valence-corrected chi connectivity index (χ2v) is 6.11. The van der Waals surface area contributed by atoms with Gasteiger partial charge in [-0.1, -0.05) is 32.9 Å². The van der Waals surface area contributed by atoms with Crippen molar-refractivity contribution in [2.75, 3.05) is 18.0 Å². The summed E-state index contributed by atoms with van der Waals surface area (Å²) in [6.45, 7) is 7.88. The summed E-state index contributed by atoms with van der Waals surface area (Å²) in [5.74, 6) is 0.493. The molecule has 1 aromatic carbocycles. The van der Waals surface area contributed by atoms with Gasteiger partial charge in [0.05, 0.1) is 0 Å². The summed E-state index contributed by atoms with van der Waals surface area (Å²) < 4.78 is 0. The van der Waals surface area contributed by atoms with Gasteiger partial charge in [0.15, 0.2) is 0 Å². The minimum Gasteiger partial charge on any atom is -0.330 e. The molecular weight excluding hydrogens is 224 g/mol. The van der Waals surface area contributed by atoms with E-state index in [2.05, 4.69) is 32.9 Å². The minimum atomic E-state index is 0.103. The molecule has 3 heteroatoms. The van der Waals surface area contributed by atoms with Crippen LogP contribution in [0.4, 0.5) is 5.69 Å². The summed E-state index contributed by atoms with van der Waals surface area (Å²) in [5.41, 5.74) is 8.02. The fourth-order valence-corrected chi connectivity index (χ4v) is 2.33. The van der Waals surface area contributed by atoms with E-state index >= 15 is 0 Å². The van der Waals surface area contributed by atoms with E-state index in [1.807, 2.05) is 17.0 Å². The molecule has 1 unspecified atom stereocenters. The predicted molar refractivity (Wildman–Crippen MR) is 74.7 cm³/mol. The van der Waals surface area contributed by atoms with Crippen molar-refractivity contribution in [1.82, 2.24) is 0 Å². The smallest absolute Gasteiger partial charge is 0.227 e. The van der Waals surface area contributed by atoms with Crippen molar-refractivity contribution in [3.05, 3.63) is 29.8 Å². The number of carbonyl (C=O) groups is 1. The van der Waals surface area contributed by atoms with Crippen LogP contribution in [0.3, 0.4) is 0 Å². The summed E-state index contributed by atoms with van der Waals surface area (Å²) in [7, 11) is 0. The molecule has 2 rings (SSSR count). The molecule has 1 saturated heterocycles. The molecule has 0 saturated carbocycles. The molecular formula is C15H22N2O. The summed E-state index contributed by atoms with van der Waals surface area (Å²) in [4.78, 5) is 13.8. The van der Waals surface area contributed by atoms with Crippen LogP contribution in [0.15, 0.2) is 24.3 Å². The molecule has 1 amide bonds. The second-order valence-electron chi connectivity index (χ2n) is 6.11. The van der Waals surface area contributed by atoms with Crippen LogP contribution in [-0.4, -0.2) is 19.0 Å². The van der Waals surface area contributed by atoms with Crippen LogP contribution in [0.5, 0.6) is 0 Å². The van der Waals surface area contributed by atoms with Crippen molar-refractivity contribution in [3.8, 4) is 0 Å². The van der Waals surface area contributed by atoms with E-state index in [0.29, 0.717) is 18.9 Å². The van der Waals surface area contributed by atoms with Crippen molar-refractivity contribution in [2.24, 2.45) is 11.7 Å². The number of nitrogens with zero attached hydrogens (tertiary/aromatic N) is 1. The van der Waals surface area contributed by atoms with Gasteiger partial charge in [-0.15, -0.1) is 0 Å². The molecule has 1 heterocycles. The molecule has 1 atom stereocenters. The first-order valence-electron chi connectivity index (χ1n) is 6.53. The zero-order valence-corrected chi connectivity index (χ0v) is 11.4. The van der Waals surface area contributed by atoms with E-state index in [-0.39, 0.29) is 11.3 Å². The molecule has 98 valence electrons. The highest BCUT2D eigenvalue weighted by Crippen LogP contribution is 2.29. The summed E-state index contributed by atoms with van der Waals surface area (Å²) >= 11 is 0. The van der Waals surface area contributed by atoms with Gasteiger partial charge in [-0.3, -0.25) is 4.79 Å². The average Bonchev–Trinajstić information content (AvgIpc) is 2.70. The zero-order chi connectivity index (χ0) is 13.3. The number of amides is 1. The Hall–Kier alpha value is -1.35. The lowest BCUT2D eigenvalue weighted by Crippen LogP contribution is -2.26. The fourth-order valence-electron chi connectivity index (χ4n) is 2.33. The number of hydrogen-bond acceptors (Lipinski definition) is 2. The van der Waals surface area contributed by atoms with Crippen molar-refractivity contribution in [2.45, 2.75) is 32.6 Å². The van der Waals surface area contributed by atoms with Crippen molar-refractivity contribution in [3.63, 3.8) is 0 Å². The normalized spacial score (nSPS) is 20.6.